The molecule has 1 rings (SSSR count). The van der Waals surface area contributed by atoms with Crippen LogP contribution in [0.4, 0.5) is 4.79 Å². The summed E-state index contributed by atoms with van der Waals surface area (Å²) in [4.78, 5) is 11.7. The number of aryl methyl sites for hydroxylation is 1. The van der Waals surface area contributed by atoms with Crippen molar-refractivity contribution in [2.75, 3.05) is 13.2 Å². The summed E-state index contributed by atoms with van der Waals surface area (Å²) in [7, 11) is 1.84. The minimum Gasteiger partial charge on any atom is -0.396 e. The van der Waals surface area contributed by atoms with Gasteiger partial charge in [-0.1, -0.05) is 13.8 Å². The van der Waals surface area contributed by atoms with Crippen LogP contribution in [0.25, 0.3) is 0 Å². The van der Waals surface area contributed by atoms with E-state index < -0.39 is 0 Å². The van der Waals surface area contributed by atoms with E-state index in [2.05, 4.69) is 29.6 Å². The maximum absolute atomic E-state index is 11.7. The Morgan fingerprint density at radius 1 is 1.45 bits per heavy atom. The zero-order valence-electron chi connectivity index (χ0n) is 12.6. The molecule has 0 saturated heterocycles. The van der Waals surface area contributed by atoms with Gasteiger partial charge in [0.25, 0.3) is 0 Å². The van der Waals surface area contributed by atoms with E-state index in [1.807, 2.05) is 13.2 Å². The minimum absolute atomic E-state index is 0.163. The smallest absolute Gasteiger partial charge is 0.315 e. The van der Waals surface area contributed by atoms with Gasteiger partial charge in [0.1, 0.15) is 0 Å². The molecule has 2 amide bonds. The highest BCUT2D eigenvalue weighted by Gasteiger charge is 2.12. The van der Waals surface area contributed by atoms with Gasteiger partial charge in [0.2, 0.25) is 0 Å². The highest BCUT2D eigenvalue weighted by molar-refractivity contribution is 5.73. The standard InChI is InChI=1S/C14H26N4O2/c1-11(2)6-12(4-5-19)7-15-14(20)16-8-13-9-17-18(3)10-13/h9-12,19H,4-8H2,1-3H3,(H2,15,16,20). The summed E-state index contributed by atoms with van der Waals surface area (Å²) in [6.07, 6.45) is 5.33. The zero-order chi connectivity index (χ0) is 15.0. The van der Waals surface area contributed by atoms with E-state index in [0.29, 0.717) is 24.9 Å². The molecule has 6 nitrogen and oxygen atoms in total. The number of carbonyl (C=O) groups excluding carboxylic acids is 1. The van der Waals surface area contributed by atoms with Crippen molar-refractivity contribution in [3.63, 3.8) is 0 Å². The first-order chi connectivity index (χ1) is 9.51. The van der Waals surface area contributed by atoms with E-state index in [9.17, 15) is 4.79 Å². The zero-order valence-corrected chi connectivity index (χ0v) is 12.6. The van der Waals surface area contributed by atoms with Gasteiger partial charge in [0.15, 0.2) is 0 Å². The van der Waals surface area contributed by atoms with Crippen molar-refractivity contribution in [1.82, 2.24) is 20.4 Å². The first kappa shape index (κ1) is 16.5. The van der Waals surface area contributed by atoms with Crippen LogP contribution in [-0.2, 0) is 13.6 Å². The molecule has 0 radical (unpaired) electrons. The molecule has 0 aliphatic carbocycles. The fourth-order valence-electron chi connectivity index (χ4n) is 2.20. The van der Waals surface area contributed by atoms with Crippen molar-refractivity contribution in [1.29, 1.82) is 0 Å². The number of rotatable bonds is 8. The highest BCUT2D eigenvalue weighted by Crippen LogP contribution is 2.14. The van der Waals surface area contributed by atoms with E-state index in [1.165, 1.54) is 0 Å². The number of aliphatic hydroxyl groups is 1. The molecule has 1 atom stereocenters. The van der Waals surface area contributed by atoms with Crippen molar-refractivity contribution >= 4 is 6.03 Å². The van der Waals surface area contributed by atoms with Crippen LogP contribution in [-0.4, -0.2) is 34.1 Å². The predicted molar refractivity (Wildman–Crippen MR) is 78.1 cm³/mol. The second-order valence-electron chi connectivity index (χ2n) is 5.59. The molecule has 0 spiro atoms. The molecule has 0 aliphatic rings. The topological polar surface area (TPSA) is 79.2 Å². The Kier molecular flexibility index (Phi) is 7.08. The monoisotopic (exact) mass is 282 g/mol. The lowest BCUT2D eigenvalue weighted by Gasteiger charge is -2.18. The van der Waals surface area contributed by atoms with Crippen LogP contribution in [0.2, 0.25) is 0 Å². The minimum atomic E-state index is -0.180. The molecule has 0 bridgehead atoms. The molecule has 1 aromatic rings. The van der Waals surface area contributed by atoms with E-state index in [4.69, 9.17) is 5.11 Å². The van der Waals surface area contributed by atoms with Crippen LogP contribution in [0.3, 0.4) is 0 Å². The number of aliphatic hydroxyl groups excluding tert-OH is 1. The Morgan fingerprint density at radius 3 is 2.75 bits per heavy atom. The second-order valence-corrected chi connectivity index (χ2v) is 5.59. The van der Waals surface area contributed by atoms with E-state index >= 15 is 0 Å². The molecule has 1 unspecified atom stereocenters. The number of hydrogen-bond donors (Lipinski definition) is 3. The number of carbonyl (C=O) groups is 1. The molecule has 114 valence electrons. The van der Waals surface area contributed by atoms with Crippen LogP contribution in [0.5, 0.6) is 0 Å². The van der Waals surface area contributed by atoms with Crippen LogP contribution in [0.15, 0.2) is 12.4 Å². The largest absolute Gasteiger partial charge is 0.396 e. The molecule has 0 aromatic carbocycles. The molecule has 1 aromatic heterocycles. The van der Waals surface area contributed by atoms with Gasteiger partial charge >= 0.3 is 6.03 Å². The van der Waals surface area contributed by atoms with Gasteiger partial charge in [-0.05, 0) is 24.7 Å². The predicted octanol–water partition coefficient (Wildman–Crippen LogP) is 1.26. The molecular weight excluding hydrogens is 256 g/mol. The lowest BCUT2D eigenvalue weighted by molar-refractivity contribution is 0.225. The maximum Gasteiger partial charge on any atom is 0.315 e. The molecule has 6 heteroatoms. The number of aromatic nitrogens is 2. The molecule has 0 aliphatic heterocycles. The van der Waals surface area contributed by atoms with Gasteiger partial charge in [-0.3, -0.25) is 4.68 Å². The third kappa shape index (κ3) is 6.56. The first-order valence-corrected chi connectivity index (χ1v) is 7.11. The molecule has 3 N–H and O–H groups in total. The first-order valence-electron chi connectivity index (χ1n) is 7.11. The fourth-order valence-corrected chi connectivity index (χ4v) is 2.20. The average molecular weight is 282 g/mol. The summed E-state index contributed by atoms with van der Waals surface area (Å²) in [6, 6.07) is -0.180. The van der Waals surface area contributed by atoms with Crippen LogP contribution in [0, 0.1) is 11.8 Å². The van der Waals surface area contributed by atoms with Crippen molar-refractivity contribution in [2.24, 2.45) is 18.9 Å². The SMILES string of the molecule is CC(C)CC(CCO)CNC(=O)NCc1cnn(C)c1. The van der Waals surface area contributed by atoms with Gasteiger partial charge in [-0.15, -0.1) is 0 Å². The van der Waals surface area contributed by atoms with Crippen LogP contribution < -0.4 is 10.6 Å². The van der Waals surface area contributed by atoms with E-state index in [-0.39, 0.29) is 12.6 Å². The molecule has 20 heavy (non-hydrogen) atoms. The van der Waals surface area contributed by atoms with Gasteiger partial charge in [-0.25, -0.2) is 4.79 Å². The lowest BCUT2D eigenvalue weighted by Crippen LogP contribution is -2.38. The number of hydrogen-bond acceptors (Lipinski definition) is 3. The van der Waals surface area contributed by atoms with Crippen molar-refractivity contribution in [2.45, 2.75) is 33.2 Å². The molecular formula is C14H26N4O2. The number of amides is 2. The number of urea groups is 1. The third-order valence-corrected chi connectivity index (χ3v) is 3.10. The molecule has 0 fully saturated rings. The summed E-state index contributed by atoms with van der Waals surface area (Å²) in [5.41, 5.74) is 0.969. The Hall–Kier alpha value is -1.56. The Morgan fingerprint density at radius 2 is 2.20 bits per heavy atom. The van der Waals surface area contributed by atoms with Gasteiger partial charge < -0.3 is 15.7 Å². The maximum atomic E-state index is 11.7. The summed E-state index contributed by atoms with van der Waals surface area (Å²) in [6.45, 7) is 5.52. The van der Waals surface area contributed by atoms with Gasteiger partial charge in [-0.2, -0.15) is 5.10 Å². The summed E-state index contributed by atoms with van der Waals surface area (Å²) in [5.74, 6) is 0.885. The van der Waals surface area contributed by atoms with E-state index in [0.717, 1.165) is 18.4 Å². The molecule has 1 heterocycles. The van der Waals surface area contributed by atoms with Gasteiger partial charge in [0.05, 0.1) is 6.20 Å². The van der Waals surface area contributed by atoms with E-state index in [1.54, 1.807) is 10.9 Å². The van der Waals surface area contributed by atoms with Crippen LogP contribution >= 0.6 is 0 Å². The van der Waals surface area contributed by atoms with Crippen molar-refractivity contribution in [3.05, 3.63) is 18.0 Å². The summed E-state index contributed by atoms with van der Waals surface area (Å²) in [5, 5.41) is 18.7. The number of nitrogens with one attached hydrogen (secondary N) is 2. The van der Waals surface area contributed by atoms with Crippen molar-refractivity contribution in [3.8, 4) is 0 Å². The van der Waals surface area contributed by atoms with Crippen LogP contribution in [0.1, 0.15) is 32.3 Å². The summed E-state index contributed by atoms with van der Waals surface area (Å²) < 4.78 is 1.70. The van der Waals surface area contributed by atoms with Crippen molar-refractivity contribution < 1.29 is 9.90 Å². The average Bonchev–Trinajstić information content (AvgIpc) is 2.79. The Labute approximate surface area is 120 Å². The quantitative estimate of drug-likeness (QED) is 0.671. The summed E-state index contributed by atoms with van der Waals surface area (Å²) >= 11 is 0. The lowest BCUT2D eigenvalue weighted by atomic mass is 9.94. The highest BCUT2D eigenvalue weighted by atomic mass is 16.3. The normalized spacial score (nSPS) is 12.4. The second kappa shape index (κ2) is 8.58. The van der Waals surface area contributed by atoms with Gasteiger partial charge in [0, 0.05) is 38.5 Å². The fraction of sp³-hybridized carbons (Fsp3) is 0.714. The Balaban J connectivity index is 2.26. The third-order valence-electron chi connectivity index (χ3n) is 3.10. The molecule has 0 saturated carbocycles. The number of nitrogens with zero attached hydrogens (tertiary/aromatic N) is 2. The Bertz CT molecular complexity index is 404.